The number of carbonyl (C=O) groups excluding carboxylic acids is 2. The molecular formula is C24H44N4O8. The Morgan fingerprint density at radius 2 is 0.889 bits per heavy atom. The highest BCUT2D eigenvalue weighted by Gasteiger charge is 2.18. The number of rotatable bonds is 14. The van der Waals surface area contributed by atoms with Crippen LogP contribution in [0.2, 0.25) is 0 Å². The van der Waals surface area contributed by atoms with Crippen molar-refractivity contribution in [2.45, 2.75) is 78.4 Å². The third-order valence-electron chi connectivity index (χ3n) is 4.60. The molecular weight excluding hydrogens is 472 g/mol. The summed E-state index contributed by atoms with van der Waals surface area (Å²) in [5, 5.41) is 27.8. The van der Waals surface area contributed by atoms with Crippen LogP contribution in [0.25, 0.3) is 0 Å². The second-order valence-electron chi connectivity index (χ2n) is 10.4. The van der Waals surface area contributed by atoms with E-state index in [-0.39, 0.29) is 24.9 Å². The smallest absolute Gasteiger partial charge is 0.407 e. The molecule has 2 atom stereocenters. The van der Waals surface area contributed by atoms with E-state index in [1.165, 1.54) is 0 Å². The van der Waals surface area contributed by atoms with E-state index in [1.54, 1.807) is 41.5 Å². The summed E-state index contributed by atoms with van der Waals surface area (Å²) in [5.41, 5.74) is -1.22. The van der Waals surface area contributed by atoms with Crippen molar-refractivity contribution in [2.75, 3.05) is 26.2 Å². The number of alkyl carbamates (subject to hydrolysis) is 2. The van der Waals surface area contributed by atoms with Crippen LogP contribution in [-0.2, 0) is 9.47 Å². The quantitative estimate of drug-likeness (QED) is 0.188. The first kappa shape index (κ1) is 32.8. The van der Waals surface area contributed by atoms with Crippen LogP contribution in [-0.4, -0.2) is 72.0 Å². The average molecular weight is 517 g/mol. The maximum absolute atomic E-state index is 11.9. The van der Waals surface area contributed by atoms with E-state index >= 15 is 0 Å². The number of nitrogens with one attached hydrogen (secondary N) is 4. The van der Waals surface area contributed by atoms with E-state index in [4.69, 9.17) is 19.7 Å². The number of ether oxygens (including phenoxy) is 2. The highest BCUT2D eigenvalue weighted by Crippen LogP contribution is 2.16. The Labute approximate surface area is 213 Å². The summed E-state index contributed by atoms with van der Waals surface area (Å²) in [5.74, 6) is -0.110. The van der Waals surface area contributed by atoms with Crippen molar-refractivity contribution in [3.63, 3.8) is 0 Å². The first-order chi connectivity index (χ1) is 16.6. The fourth-order valence-corrected chi connectivity index (χ4v) is 3.06. The number of amides is 4. The molecule has 4 amide bonds. The van der Waals surface area contributed by atoms with E-state index in [2.05, 4.69) is 21.3 Å². The normalized spacial score (nSPS) is 13.4. The van der Waals surface area contributed by atoms with E-state index in [1.807, 2.05) is 12.2 Å². The van der Waals surface area contributed by atoms with Crippen molar-refractivity contribution in [3.05, 3.63) is 12.2 Å². The van der Waals surface area contributed by atoms with Gasteiger partial charge in [0.1, 0.15) is 11.2 Å². The molecule has 12 heteroatoms. The lowest BCUT2D eigenvalue weighted by Crippen LogP contribution is -2.34. The van der Waals surface area contributed by atoms with Gasteiger partial charge in [-0.1, -0.05) is 12.2 Å². The molecule has 0 radical (unpaired) electrons. The molecule has 12 nitrogen and oxygen atoms in total. The van der Waals surface area contributed by atoms with Gasteiger partial charge in [0.25, 0.3) is 0 Å². The number of carboxylic acid groups (broad SMARTS) is 2. The van der Waals surface area contributed by atoms with Crippen LogP contribution in [0.4, 0.5) is 19.2 Å². The molecule has 208 valence electrons. The largest absolute Gasteiger partial charge is 0.465 e. The van der Waals surface area contributed by atoms with Crippen molar-refractivity contribution in [3.8, 4) is 0 Å². The summed E-state index contributed by atoms with van der Waals surface area (Å²) in [4.78, 5) is 45.4. The molecule has 0 aliphatic heterocycles. The predicted molar refractivity (Wildman–Crippen MR) is 135 cm³/mol. The monoisotopic (exact) mass is 516 g/mol. The van der Waals surface area contributed by atoms with Gasteiger partial charge in [0.2, 0.25) is 0 Å². The van der Waals surface area contributed by atoms with E-state index < -0.39 is 35.6 Å². The summed E-state index contributed by atoms with van der Waals surface area (Å²) < 4.78 is 10.5. The third kappa shape index (κ3) is 21.4. The minimum absolute atomic E-state index is 0.0551. The Bertz CT molecular complexity index is 669. The van der Waals surface area contributed by atoms with Crippen LogP contribution >= 0.6 is 0 Å². The fraction of sp³-hybridized carbons (Fsp3) is 0.750. The van der Waals surface area contributed by atoms with Gasteiger partial charge in [0.05, 0.1) is 0 Å². The lowest BCUT2D eigenvalue weighted by molar-refractivity contribution is 0.0513. The molecule has 6 N–H and O–H groups in total. The number of hydrogen-bond donors (Lipinski definition) is 6. The first-order valence-electron chi connectivity index (χ1n) is 12.1. The van der Waals surface area contributed by atoms with Gasteiger partial charge >= 0.3 is 24.4 Å². The summed E-state index contributed by atoms with van der Waals surface area (Å²) >= 11 is 0. The molecule has 0 aliphatic carbocycles. The van der Waals surface area contributed by atoms with Crippen LogP contribution in [0.5, 0.6) is 0 Å². The second-order valence-corrected chi connectivity index (χ2v) is 10.4. The molecule has 0 saturated carbocycles. The van der Waals surface area contributed by atoms with Crippen LogP contribution in [0, 0.1) is 11.8 Å². The molecule has 0 rings (SSSR count). The van der Waals surface area contributed by atoms with Gasteiger partial charge in [-0.2, -0.15) is 0 Å². The fourth-order valence-electron chi connectivity index (χ4n) is 3.06. The standard InChI is InChI=1S/C24H44N4O8/c1-23(2,3)35-21(33)27-15-11-17(9-13-25-19(29)30)7-8-18(10-14-26-20(31)32)12-16-28-22(34)36-24(4,5)6/h7-8,17-18,25-26H,9-16H2,1-6H3,(H,27,33)(H,28,34)(H,29,30)(H,31,32)/b8-7+. The molecule has 0 heterocycles. The minimum atomic E-state index is -1.12. The topological polar surface area (TPSA) is 175 Å². The molecule has 0 bridgehead atoms. The maximum Gasteiger partial charge on any atom is 0.407 e. The highest BCUT2D eigenvalue weighted by molar-refractivity contribution is 5.68. The van der Waals surface area contributed by atoms with Crippen molar-refractivity contribution in [2.24, 2.45) is 11.8 Å². The Hall–Kier alpha value is -3.18. The van der Waals surface area contributed by atoms with E-state index in [0.29, 0.717) is 38.8 Å². The molecule has 0 spiro atoms. The van der Waals surface area contributed by atoms with Gasteiger partial charge in [-0.05, 0) is 79.1 Å². The maximum atomic E-state index is 11.9. The van der Waals surface area contributed by atoms with Crippen molar-refractivity contribution in [1.29, 1.82) is 0 Å². The first-order valence-corrected chi connectivity index (χ1v) is 12.1. The molecule has 0 fully saturated rings. The lowest BCUT2D eigenvalue weighted by Gasteiger charge is -2.21. The van der Waals surface area contributed by atoms with Crippen LogP contribution in [0.1, 0.15) is 67.2 Å². The number of allylic oxidation sites excluding steroid dienone is 2. The van der Waals surface area contributed by atoms with Gasteiger partial charge in [-0.15, -0.1) is 0 Å². The number of carbonyl (C=O) groups is 4. The van der Waals surface area contributed by atoms with Crippen LogP contribution in [0.15, 0.2) is 12.2 Å². The van der Waals surface area contributed by atoms with Gasteiger partial charge in [-0.25, -0.2) is 19.2 Å². The van der Waals surface area contributed by atoms with Crippen LogP contribution in [0.3, 0.4) is 0 Å². The summed E-state index contributed by atoms with van der Waals surface area (Å²) in [7, 11) is 0. The molecule has 36 heavy (non-hydrogen) atoms. The van der Waals surface area contributed by atoms with E-state index in [9.17, 15) is 19.2 Å². The zero-order chi connectivity index (χ0) is 27.8. The average Bonchev–Trinajstić information content (AvgIpc) is 2.67. The van der Waals surface area contributed by atoms with Gasteiger partial charge in [0, 0.05) is 26.2 Å². The summed E-state index contributed by atoms with van der Waals surface area (Å²) in [6.07, 6.45) is 2.72. The zero-order valence-corrected chi connectivity index (χ0v) is 22.3. The Morgan fingerprint density at radius 3 is 1.14 bits per heavy atom. The predicted octanol–water partition coefficient (Wildman–Crippen LogP) is 3.92. The van der Waals surface area contributed by atoms with Crippen molar-refractivity contribution < 1.29 is 38.9 Å². The van der Waals surface area contributed by atoms with Crippen LogP contribution < -0.4 is 21.3 Å². The van der Waals surface area contributed by atoms with Gasteiger partial charge in [0.15, 0.2) is 0 Å². The summed E-state index contributed by atoms with van der Waals surface area (Å²) in [6, 6.07) is 0. The molecule has 0 aromatic rings. The molecule has 0 aliphatic rings. The lowest BCUT2D eigenvalue weighted by atomic mass is 9.95. The van der Waals surface area contributed by atoms with E-state index in [0.717, 1.165) is 0 Å². The van der Waals surface area contributed by atoms with Gasteiger partial charge < -0.3 is 41.0 Å². The number of hydrogen-bond acceptors (Lipinski definition) is 6. The Morgan fingerprint density at radius 1 is 0.611 bits per heavy atom. The summed E-state index contributed by atoms with van der Waals surface area (Å²) in [6.45, 7) is 11.8. The zero-order valence-electron chi connectivity index (χ0n) is 22.3. The minimum Gasteiger partial charge on any atom is -0.465 e. The highest BCUT2D eigenvalue weighted by atomic mass is 16.6. The molecule has 0 aromatic carbocycles. The second kappa shape index (κ2) is 16.5. The Balaban J connectivity index is 5.07. The Kier molecular flexibility index (Phi) is 15.0. The van der Waals surface area contributed by atoms with Crippen molar-refractivity contribution in [1.82, 2.24) is 21.3 Å². The SMILES string of the molecule is CC(C)(C)OC(=O)NCCC(/C=C/C(CCNC(=O)O)CCNC(=O)OC(C)(C)C)CCNC(=O)O. The molecule has 2 unspecified atom stereocenters. The third-order valence-corrected chi connectivity index (χ3v) is 4.60. The van der Waals surface area contributed by atoms with Gasteiger partial charge in [-0.3, -0.25) is 0 Å². The molecule has 0 saturated heterocycles. The molecule has 0 aromatic heterocycles. The van der Waals surface area contributed by atoms with Crippen molar-refractivity contribution >= 4 is 24.4 Å².